The topological polar surface area (TPSA) is 89.8 Å². The van der Waals surface area contributed by atoms with Gasteiger partial charge in [-0.1, -0.05) is 41.7 Å². The maximum Gasteiger partial charge on any atom is 0.279 e. The predicted octanol–water partition coefficient (Wildman–Crippen LogP) is 4.44. The number of carbonyl (C=O) groups excluding carboxylic acids is 1. The molecule has 0 aliphatic carbocycles. The largest absolute Gasteiger partial charge is 0.497 e. The first-order chi connectivity index (χ1) is 15.9. The summed E-state index contributed by atoms with van der Waals surface area (Å²) in [6.45, 7) is 4.27. The molecule has 0 atom stereocenters. The first-order valence-electron chi connectivity index (χ1n) is 9.96. The molecule has 168 valence electrons. The number of methoxy groups -OCH3 is 1. The highest BCUT2D eigenvalue weighted by Crippen LogP contribution is 2.23. The van der Waals surface area contributed by atoms with Gasteiger partial charge in [0.25, 0.3) is 15.9 Å². The molecule has 4 rings (SSSR count). The van der Waals surface area contributed by atoms with Crippen molar-refractivity contribution >= 4 is 43.2 Å². The number of nitrogens with one attached hydrogen (secondary N) is 1. The highest BCUT2D eigenvalue weighted by atomic mass is 32.2. The zero-order valence-corrected chi connectivity index (χ0v) is 19.4. The van der Waals surface area contributed by atoms with E-state index in [1.165, 1.54) is 29.5 Å². The number of nitrogens with zero attached hydrogens (tertiary/aromatic N) is 2. The summed E-state index contributed by atoms with van der Waals surface area (Å²) in [5.41, 5.74) is 1.46. The van der Waals surface area contributed by atoms with E-state index in [9.17, 15) is 13.2 Å². The number of carbonyl (C=O) groups is 1. The Morgan fingerprint density at radius 1 is 1.12 bits per heavy atom. The molecule has 4 aromatic rings. The summed E-state index contributed by atoms with van der Waals surface area (Å²) >= 11 is 1.36. The Bertz CT molecular complexity index is 1500. The van der Waals surface area contributed by atoms with Crippen LogP contribution in [0.25, 0.3) is 10.2 Å². The lowest BCUT2D eigenvalue weighted by molar-refractivity contribution is 0.0998. The van der Waals surface area contributed by atoms with Crippen LogP contribution < -0.4 is 14.3 Å². The number of aromatic nitrogens is 1. The van der Waals surface area contributed by atoms with Crippen LogP contribution in [-0.2, 0) is 16.6 Å². The number of rotatable bonds is 7. The van der Waals surface area contributed by atoms with E-state index in [0.29, 0.717) is 17.1 Å². The van der Waals surface area contributed by atoms with E-state index >= 15 is 0 Å². The molecule has 0 saturated carbocycles. The van der Waals surface area contributed by atoms with Gasteiger partial charge in [-0.15, -0.1) is 6.58 Å². The number of ether oxygens (including phenoxy) is 1. The number of fused-ring (bicyclic) bond motifs is 1. The molecule has 33 heavy (non-hydrogen) atoms. The first-order valence-corrected chi connectivity index (χ1v) is 12.3. The van der Waals surface area contributed by atoms with Crippen LogP contribution in [0, 0.1) is 0 Å². The summed E-state index contributed by atoms with van der Waals surface area (Å²) in [6, 6.07) is 20.0. The van der Waals surface area contributed by atoms with E-state index in [0.717, 1.165) is 10.2 Å². The van der Waals surface area contributed by atoms with E-state index in [1.807, 2.05) is 22.8 Å². The monoisotopic (exact) mass is 479 g/mol. The molecule has 0 aliphatic heterocycles. The quantitative estimate of drug-likeness (QED) is 0.397. The normalized spacial score (nSPS) is 12.0. The van der Waals surface area contributed by atoms with E-state index in [1.54, 1.807) is 49.6 Å². The van der Waals surface area contributed by atoms with E-state index in [2.05, 4.69) is 16.3 Å². The summed E-state index contributed by atoms with van der Waals surface area (Å²) in [5, 5.41) is 0. The van der Waals surface area contributed by atoms with Gasteiger partial charge in [0, 0.05) is 17.8 Å². The van der Waals surface area contributed by atoms with Crippen molar-refractivity contribution in [3.05, 3.63) is 95.8 Å². The molecular weight excluding hydrogens is 458 g/mol. The number of hydrogen-bond acceptors (Lipinski definition) is 5. The third-order valence-corrected chi connectivity index (χ3v) is 7.25. The Morgan fingerprint density at radius 3 is 2.64 bits per heavy atom. The number of amides is 1. The van der Waals surface area contributed by atoms with Crippen molar-refractivity contribution in [3.8, 4) is 5.75 Å². The van der Waals surface area contributed by atoms with Crippen LogP contribution in [0.15, 0.2) is 95.3 Å². The second kappa shape index (κ2) is 9.43. The van der Waals surface area contributed by atoms with Crippen molar-refractivity contribution < 1.29 is 17.9 Å². The molecule has 1 aromatic heterocycles. The minimum absolute atomic E-state index is 0.137. The second-order valence-corrected chi connectivity index (χ2v) is 9.73. The van der Waals surface area contributed by atoms with Crippen molar-refractivity contribution in [1.29, 1.82) is 0 Å². The van der Waals surface area contributed by atoms with Crippen LogP contribution in [0.5, 0.6) is 5.75 Å². The highest BCUT2D eigenvalue weighted by molar-refractivity contribution is 7.92. The van der Waals surface area contributed by atoms with E-state index in [4.69, 9.17) is 4.74 Å². The molecule has 0 fully saturated rings. The van der Waals surface area contributed by atoms with Gasteiger partial charge < -0.3 is 9.30 Å². The molecule has 0 unspecified atom stereocenters. The maximum atomic E-state index is 13.0. The first kappa shape index (κ1) is 22.5. The van der Waals surface area contributed by atoms with Crippen LogP contribution in [0.3, 0.4) is 0 Å². The lowest BCUT2D eigenvalue weighted by Crippen LogP contribution is -2.16. The van der Waals surface area contributed by atoms with Gasteiger partial charge >= 0.3 is 0 Å². The van der Waals surface area contributed by atoms with Crippen molar-refractivity contribution in [3.63, 3.8) is 0 Å². The fourth-order valence-corrected chi connectivity index (χ4v) is 5.39. The lowest BCUT2D eigenvalue weighted by Gasteiger charge is -2.08. The highest BCUT2D eigenvalue weighted by Gasteiger charge is 2.15. The predicted molar refractivity (Wildman–Crippen MR) is 130 cm³/mol. The Balaban J connectivity index is 1.69. The minimum atomic E-state index is -3.77. The number of sulfonamides is 1. The van der Waals surface area contributed by atoms with Gasteiger partial charge in [0.15, 0.2) is 4.80 Å². The zero-order chi connectivity index (χ0) is 23.4. The van der Waals surface area contributed by atoms with Gasteiger partial charge in [-0.05, 0) is 48.5 Å². The van der Waals surface area contributed by atoms with Gasteiger partial charge in [-0.2, -0.15) is 4.99 Å². The number of thiazole rings is 1. The molecule has 0 bridgehead atoms. The molecule has 1 amide bonds. The summed E-state index contributed by atoms with van der Waals surface area (Å²) in [6.07, 6.45) is 1.73. The van der Waals surface area contributed by atoms with Crippen LogP contribution in [0.2, 0.25) is 0 Å². The molecule has 0 spiro atoms. The zero-order valence-electron chi connectivity index (χ0n) is 17.8. The van der Waals surface area contributed by atoms with Crippen LogP contribution >= 0.6 is 11.3 Å². The average Bonchev–Trinajstić information content (AvgIpc) is 3.15. The molecule has 0 radical (unpaired) electrons. The summed E-state index contributed by atoms with van der Waals surface area (Å²) < 4.78 is 35.8. The summed E-state index contributed by atoms with van der Waals surface area (Å²) in [5.74, 6) is 0.234. The smallest absolute Gasteiger partial charge is 0.279 e. The molecule has 9 heteroatoms. The van der Waals surface area contributed by atoms with Crippen molar-refractivity contribution in [2.24, 2.45) is 4.99 Å². The molecule has 0 saturated heterocycles. The Labute approximate surface area is 195 Å². The summed E-state index contributed by atoms with van der Waals surface area (Å²) in [7, 11) is -2.17. The average molecular weight is 480 g/mol. The Kier molecular flexibility index (Phi) is 6.43. The standard InChI is InChI=1S/C24H21N3O4S2/c1-3-14-27-21-13-12-19(31-2)16-22(21)32-24(27)25-23(28)17-8-7-9-18(15-17)26-33(29,30)20-10-5-4-6-11-20/h3-13,15-16,26H,1,14H2,2H3. The maximum absolute atomic E-state index is 13.0. The Hall–Kier alpha value is -3.69. The van der Waals surface area contributed by atoms with E-state index < -0.39 is 15.9 Å². The van der Waals surface area contributed by atoms with Gasteiger partial charge in [-0.3, -0.25) is 9.52 Å². The van der Waals surface area contributed by atoms with Crippen LogP contribution in [-0.4, -0.2) is 26.0 Å². The fourth-order valence-electron chi connectivity index (χ4n) is 3.25. The van der Waals surface area contributed by atoms with Gasteiger partial charge in [-0.25, -0.2) is 8.42 Å². The second-order valence-electron chi connectivity index (χ2n) is 7.03. The molecule has 0 aliphatic rings. The third-order valence-electron chi connectivity index (χ3n) is 4.81. The minimum Gasteiger partial charge on any atom is -0.497 e. The molecule has 3 aromatic carbocycles. The molecule has 1 heterocycles. The fraction of sp³-hybridized carbons (Fsp3) is 0.0833. The van der Waals surface area contributed by atoms with Crippen LogP contribution in [0.1, 0.15) is 10.4 Å². The van der Waals surface area contributed by atoms with Gasteiger partial charge in [0.2, 0.25) is 0 Å². The van der Waals surface area contributed by atoms with Gasteiger partial charge in [0.1, 0.15) is 5.75 Å². The number of benzene rings is 3. The third kappa shape index (κ3) is 4.89. The number of anilines is 1. The molecule has 1 N–H and O–H groups in total. The van der Waals surface area contributed by atoms with Crippen molar-refractivity contribution in [2.75, 3.05) is 11.8 Å². The number of allylic oxidation sites excluding steroid dienone is 1. The van der Waals surface area contributed by atoms with Gasteiger partial charge in [0.05, 0.1) is 22.2 Å². The molecular formula is C24H21N3O4S2. The van der Waals surface area contributed by atoms with Crippen molar-refractivity contribution in [2.45, 2.75) is 11.4 Å². The summed E-state index contributed by atoms with van der Waals surface area (Å²) in [4.78, 5) is 17.9. The molecule has 7 nitrogen and oxygen atoms in total. The van der Waals surface area contributed by atoms with E-state index in [-0.39, 0.29) is 16.1 Å². The Morgan fingerprint density at radius 2 is 1.91 bits per heavy atom. The SMILES string of the molecule is C=CCn1c(=NC(=O)c2cccc(NS(=O)(=O)c3ccccc3)c2)sc2cc(OC)ccc21. The number of hydrogen-bond donors (Lipinski definition) is 1. The van der Waals surface area contributed by atoms with Crippen LogP contribution in [0.4, 0.5) is 5.69 Å². The lowest BCUT2D eigenvalue weighted by atomic mass is 10.2. The van der Waals surface area contributed by atoms with Crippen molar-refractivity contribution in [1.82, 2.24) is 4.57 Å².